The van der Waals surface area contributed by atoms with Crippen LogP contribution in [0.2, 0.25) is 0 Å². The van der Waals surface area contributed by atoms with Crippen molar-refractivity contribution in [1.29, 1.82) is 0 Å². The molecule has 0 bridgehead atoms. The monoisotopic (exact) mass is 111 g/mol. The zero-order valence-corrected chi connectivity index (χ0v) is 6.64. The van der Waals surface area contributed by atoms with E-state index in [0.717, 1.165) is 0 Å². The Balaban J connectivity index is -0.00000000500. The van der Waals surface area contributed by atoms with Gasteiger partial charge in [-0.2, -0.15) is 0 Å². The first-order chi connectivity index (χ1) is 1.00. The van der Waals surface area contributed by atoms with E-state index in [-0.39, 0.29) is 56.6 Å². The predicted molar refractivity (Wildman–Crippen MR) is 27.2 cm³/mol. The first-order valence-corrected chi connectivity index (χ1v) is 1.84. The summed E-state index contributed by atoms with van der Waals surface area (Å²) in [6, 6.07) is 0. The van der Waals surface area contributed by atoms with Gasteiger partial charge < -0.3 is 0 Å². The third kappa shape index (κ3) is 8.83. The van der Waals surface area contributed by atoms with Crippen molar-refractivity contribution in [3.8, 4) is 0 Å². The SMILES string of the molecule is P=S.[Ca].[Li]. The molecule has 0 heterocycles. The van der Waals surface area contributed by atoms with Crippen LogP contribution in [0.5, 0.6) is 0 Å². The molecule has 0 nitrogen and oxygen atoms in total. The summed E-state index contributed by atoms with van der Waals surface area (Å²) in [5.74, 6) is 0. The normalized spacial score (nSPS) is 1.00. The van der Waals surface area contributed by atoms with Crippen molar-refractivity contribution in [2.45, 2.75) is 0 Å². The fourth-order valence-electron chi connectivity index (χ4n) is 0. The molecule has 0 aromatic rings. The van der Waals surface area contributed by atoms with Crippen molar-refractivity contribution in [2.75, 3.05) is 0 Å². The van der Waals surface area contributed by atoms with Crippen molar-refractivity contribution in [2.24, 2.45) is 0 Å². The molecule has 0 aliphatic rings. The van der Waals surface area contributed by atoms with E-state index in [1.54, 1.807) is 0 Å². The van der Waals surface area contributed by atoms with Gasteiger partial charge in [-0.05, 0) is 8.02 Å². The second-order valence-corrected chi connectivity index (χ2v) is 0. The summed E-state index contributed by atoms with van der Waals surface area (Å²) >= 11 is 3.89. The largest absolute Gasteiger partial charge is 0.0615 e. The first-order valence-electron chi connectivity index (χ1n) is 0.204. The average molecular weight is 111 g/mol. The van der Waals surface area contributed by atoms with E-state index >= 15 is 0 Å². The summed E-state index contributed by atoms with van der Waals surface area (Å²) in [5, 5.41) is 0. The van der Waals surface area contributed by atoms with E-state index in [4.69, 9.17) is 0 Å². The van der Waals surface area contributed by atoms with E-state index in [1.807, 2.05) is 0 Å². The molecule has 3 radical (unpaired) electrons. The van der Waals surface area contributed by atoms with Gasteiger partial charge in [-0.25, -0.2) is 0 Å². The van der Waals surface area contributed by atoms with Gasteiger partial charge in [0.2, 0.25) is 0 Å². The quantitative estimate of drug-likeness (QED) is 0.309. The van der Waals surface area contributed by atoms with Crippen LogP contribution in [-0.2, 0) is 11.8 Å². The van der Waals surface area contributed by atoms with Gasteiger partial charge in [0.15, 0.2) is 0 Å². The summed E-state index contributed by atoms with van der Waals surface area (Å²) < 4.78 is 0. The maximum atomic E-state index is 3.89. The molecule has 0 rings (SSSR count). The Hall–Kier alpha value is 2.38. The molecule has 0 aromatic carbocycles. The second kappa shape index (κ2) is 18.2. The van der Waals surface area contributed by atoms with Crippen LogP contribution in [0.4, 0.5) is 0 Å². The minimum Gasteiger partial charge on any atom is -0.0615 e. The molecule has 0 aromatic heterocycles. The molecule has 0 amide bonds. The van der Waals surface area contributed by atoms with Crippen LogP contribution >= 0.6 is 8.02 Å². The second-order valence-electron chi connectivity index (χ2n) is 0. The molecule has 0 atom stereocenters. The third-order valence-electron chi connectivity index (χ3n) is 0. The number of hydrogen-bond donors (Lipinski definition) is 0. The zero-order valence-electron chi connectivity index (χ0n) is 2.62. The average Bonchev–Trinajstić information content (AvgIpc) is 1.00. The molecule has 0 aliphatic heterocycles. The summed E-state index contributed by atoms with van der Waals surface area (Å²) in [6.45, 7) is 0. The molecule has 0 fully saturated rings. The summed E-state index contributed by atoms with van der Waals surface area (Å²) in [4.78, 5) is 0. The van der Waals surface area contributed by atoms with Crippen molar-refractivity contribution in [3.63, 3.8) is 0 Å². The van der Waals surface area contributed by atoms with E-state index in [2.05, 4.69) is 19.8 Å². The molecule has 4 heavy (non-hydrogen) atoms. The van der Waals surface area contributed by atoms with Gasteiger partial charge in [-0.15, -0.1) is 0 Å². The van der Waals surface area contributed by atoms with Gasteiger partial charge in [0.25, 0.3) is 0 Å². The molecular formula is HCaLiPS. The van der Waals surface area contributed by atoms with E-state index in [1.165, 1.54) is 0 Å². The number of rotatable bonds is 0. The topological polar surface area (TPSA) is 0 Å². The van der Waals surface area contributed by atoms with E-state index in [0.29, 0.717) is 0 Å². The number of hydrogen-bond acceptors (Lipinski definition) is 1. The van der Waals surface area contributed by atoms with Gasteiger partial charge in [-0.3, -0.25) is 0 Å². The van der Waals surface area contributed by atoms with Crippen LogP contribution in [0.25, 0.3) is 0 Å². The third-order valence-corrected chi connectivity index (χ3v) is 0. The standard InChI is InChI=1S/Ca.Li.HPS/c;;1-2/h;;1H. The molecule has 0 saturated heterocycles. The van der Waals surface area contributed by atoms with Crippen molar-refractivity contribution in [3.05, 3.63) is 0 Å². The van der Waals surface area contributed by atoms with Crippen LogP contribution in [-0.4, -0.2) is 56.6 Å². The Labute approximate surface area is 75.2 Å². The molecule has 0 spiro atoms. The molecule has 0 unspecified atom stereocenters. The Morgan fingerprint density at radius 2 is 1.25 bits per heavy atom. The smallest absolute Gasteiger partial charge is 0 e. The van der Waals surface area contributed by atoms with Crippen LogP contribution in [0.3, 0.4) is 0 Å². The fourth-order valence-corrected chi connectivity index (χ4v) is 0. The van der Waals surface area contributed by atoms with Crippen LogP contribution in [0, 0.1) is 0 Å². The Morgan fingerprint density at radius 3 is 1.25 bits per heavy atom. The molecular weight excluding hydrogens is 110 g/mol. The fraction of sp³-hybridized carbons (Fsp3) is 0. The van der Waals surface area contributed by atoms with Crippen molar-refractivity contribution in [1.82, 2.24) is 0 Å². The van der Waals surface area contributed by atoms with Gasteiger partial charge in [0.05, 0.1) is 0 Å². The maximum Gasteiger partial charge on any atom is 0 e. The van der Waals surface area contributed by atoms with Crippen molar-refractivity contribution < 1.29 is 0 Å². The Bertz CT molecular complexity index is 8.00. The predicted octanol–water partition coefficient (Wildman–Crippen LogP) is -0.171. The Kier molecular flexibility index (Phi) is 73.7. The van der Waals surface area contributed by atoms with Gasteiger partial charge in [-0.1, -0.05) is 11.8 Å². The summed E-state index contributed by atoms with van der Waals surface area (Å²) in [6.07, 6.45) is 0. The molecule has 0 aliphatic carbocycles. The molecule has 0 N–H and O–H groups in total. The minimum absolute atomic E-state index is 0. The van der Waals surface area contributed by atoms with Gasteiger partial charge in [0, 0.05) is 56.6 Å². The minimum atomic E-state index is 0. The maximum absolute atomic E-state index is 3.89. The van der Waals surface area contributed by atoms with Gasteiger partial charge in [0.1, 0.15) is 0 Å². The first kappa shape index (κ1) is 16.2. The van der Waals surface area contributed by atoms with E-state index in [9.17, 15) is 0 Å². The van der Waals surface area contributed by atoms with Crippen LogP contribution in [0.15, 0.2) is 0 Å². The van der Waals surface area contributed by atoms with E-state index < -0.39 is 0 Å². The van der Waals surface area contributed by atoms with Gasteiger partial charge >= 0.3 is 0 Å². The van der Waals surface area contributed by atoms with Crippen molar-refractivity contribution >= 4 is 76.4 Å². The molecule has 4 heteroatoms. The molecule has 0 saturated carbocycles. The van der Waals surface area contributed by atoms with Crippen LogP contribution < -0.4 is 0 Å². The zero-order chi connectivity index (χ0) is 2.00. The van der Waals surface area contributed by atoms with Crippen LogP contribution in [0.1, 0.15) is 0 Å². The summed E-state index contributed by atoms with van der Waals surface area (Å²) in [7, 11) is 2.56. The molecule has 15 valence electrons. The Morgan fingerprint density at radius 1 is 1.25 bits per heavy atom. The summed E-state index contributed by atoms with van der Waals surface area (Å²) in [5.41, 5.74) is 0.